The van der Waals surface area contributed by atoms with Crippen LogP contribution < -0.4 is 4.74 Å². The summed E-state index contributed by atoms with van der Waals surface area (Å²) < 4.78 is 29.1. The standard InChI is InChI=1S/C13H10Cl2F2OS/c1-7-6-10(19-12(7)15)11(14)8-2-4-9(5-3-8)18-13(16)17/h2-6,11,13H,1H3. The Morgan fingerprint density at radius 2 is 1.84 bits per heavy atom. The number of alkyl halides is 3. The van der Waals surface area contributed by atoms with Gasteiger partial charge < -0.3 is 4.74 Å². The number of hydrogen-bond donors (Lipinski definition) is 0. The largest absolute Gasteiger partial charge is 0.435 e. The van der Waals surface area contributed by atoms with Gasteiger partial charge in [0.2, 0.25) is 0 Å². The maximum Gasteiger partial charge on any atom is 0.387 e. The number of hydrogen-bond acceptors (Lipinski definition) is 2. The van der Waals surface area contributed by atoms with E-state index in [0.717, 1.165) is 16.0 Å². The zero-order chi connectivity index (χ0) is 14.0. The van der Waals surface area contributed by atoms with Crippen LogP contribution in [-0.2, 0) is 0 Å². The van der Waals surface area contributed by atoms with E-state index in [4.69, 9.17) is 23.2 Å². The number of benzene rings is 1. The Hall–Kier alpha value is -0.840. The Balaban J connectivity index is 2.17. The topological polar surface area (TPSA) is 9.23 Å². The third-order valence-electron chi connectivity index (χ3n) is 2.52. The molecule has 1 heterocycles. The van der Waals surface area contributed by atoms with Crippen LogP contribution in [0.1, 0.15) is 21.4 Å². The zero-order valence-electron chi connectivity index (χ0n) is 9.87. The number of aryl methyl sites for hydroxylation is 1. The third-order valence-corrected chi connectivity index (χ3v) is 4.76. The molecule has 0 saturated heterocycles. The first-order chi connectivity index (χ1) is 8.97. The van der Waals surface area contributed by atoms with Gasteiger partial charge in [0.15, 0.2) is 0 Å². The van der Waals surface area contributed by atoms with Gasteiger partial charge >= 0.3 is 6.61 Å². The summed E-state index contributed by atoms with van der Waals surface area (Å²) in [5.74, 6) is 0.114. The molecule has 0 aliphatic rings. The monoisotopic (exact) mass is 322 g/mol. The highest BCUT2D eigenvalue weighted by Gasteiger charge is 2.15. The summed E-state index contributed by atoms with van der Waals surface area (Å²) in [5, 5.41) is -0.350. The van der Waals surface area contributed by atoms with Gasteiger partial charge in [-0.05, 0) is 36.2 Å². The van der Waals surface area contributed by atoms with Crippen molar-refractivity contribution >= 4 is 34.5 Å². The quantitative estimate of drug-likeness (QED) is 0.662. The fourth-order valence-electron chi connectivity index (χ4n) is 1.59. The van der Waals surface area contributed by atoms with Gasteiger partial charge in [-0.1, -0.05) is 23.7 Å². The molecule has 0 amide bonds. The highest BCUT2D eigenvalue weighted by Crippen LogP contribution is 2.38. The Bertz CT molecular complexity index is 535. The van der Waals surface area contributed by atoms with E-state index in [9.17, 15) is 8.78 Å². The van der Waals surface area contributed by atoms with Gasteiger partial charge in [-0.2, -0.15) is 8.78 Å². The van der Waals surface area contributed by atoms with E-state index in [1.165, 1.54) is 23.5 Å². The van der Waals surface area contributed by atoms with Crippen LogP contribution in [0.5, 0.6) is 5.75 Å². The summed E-state index contributed by atoms with van der Waals surface area (Å²) in [6.07, 6.45) is 0. The molecule has 2 aromatic rings. The molecule has 102 valence electrons. The third kappa shape index (κ3) is 3.59. The lowest BCUT2D eigenvalue weighted by atomic mass is 10.1. The molecule has 0 aliphatic carbocycles. The molecular weight excluding hydrogens is 313 g/mol. The van der Waals surface area contributed by atoms with Gasteiger partial charge in [0.25, 0.3) is 0 Å². The summed E-state index contributed by atoms with van der Waals surface area (Å²) >= 11 is 13.8. The van der Waals surface area contributed by atoms with Gasteiger partial charge in [-0.25, -0.2) is 0 Å². The van der Waals surface area contributed by atoms with E-state index >= 15 is 0 Å². The molecule has 1 aromatic carbocycles. The highest BCUT2D eigenvalue weighted by molar-refractivity contribution is 7.16. The molecule has 0 radical (unpaired) electrons. The second-order valence-electron chi connectivity index (χ2n) is 3.92. The van der Waals surface area contributed by atoms with Crippen molar-refractivity contribution < 1.29 is 13.5 Å². The van der Waals surface area contributed by atoms with Crippen molar-refractivity contribution in [2.75, 3.05) is 0 Å². The second-order valence-corrected chi connectivity index (χ2v) is 6.04. The molecule has 1 aromatic heterocycles. The Kier molecular flexibility index (Phi) is 4.66. The van der Waals surface area contributed by atoms with E-state index in [1.807, 2.05) is 13.0 Å². The van der Waals surface area contributed by atoms with E-state index in [-0.39, 0.29) is 11.1 Å². The van der Waals surface area contributed by atoms with Crippen molar-refractivity contribution in [2.24, 2.45) is 0 Å². The summed E-state index contributed by atoms with van der Waals surface area (Å²) in [7, 11) is 0. The fraction of sp³-hybridized carbons (Fsp3) is 0.231. The lowest BCUT2D eigenvalue weighted by Gasteiger charge is -2.09. The number of halogens is 4. The molecule has 1 unspecified atom stereocenters. The van der Waals surface area contributed by atoms with Crippen LogP contribution in [-0.4, -0.2) is 6.61 Å². The Morgan fingerprint density at radius 1 is 1.21 bits per heavy atom. The minimum atomic E-state index is -2.82. The first-order valence-corrected chi connectivity index (χ1v) is 7.05. The van der Waals surface area contributed by atoms with E-state index in [2.05, 4.69) is 4.74 Å². The number of rotatable bonds is 4. The molecule has 1 atom stereocenters. The normalized spacial score (nSPS) is 12.7. The second kappa shape index (κ2) is 6.07. The van der Waals surface area contributed by atoms with Crippen LogP contribution >= 0.6 is 34.5 Å². The van der Waals surface area contributed by atoms with Crippen LogP contribution in [0.4, 0.5) is 8.78 Å². The predicted octanol–water partition coefficient (Wildman–Crippen LogP) is 5.64. The fourth-order valence-corrected chi connectivity index (χ4v) is 3.16. The summed E-state index contributed by atoms with van der Waals surface area (Å²) in [4.78, 5) is 0.923. The van der Waals surface area contributed by atoms with Crippen molar-refractivity contribution in [1.82, 2.24) is 0 Å². The van der Waals surface area contributed by atoms with Crippen molar-refractivity contribution in [1.29, 1.82) is 0 Å². The van der Waals surface area contributed by atoms with Crippen molar-refractivity contribution in [2.45, 2.75) is 18.9 Å². The Morgan fingerprint density at radius 3 is 2.32 bits per heavy atom. The SMILES string of the molecule is Cc1cc(C(Cl)c2ccc(OC(F)F)cc2)sc1Cl. The van der Waals surface area contributed by atoms with Gasteiger partial charge in [-0.3, -0.25) is 0 Å². The first kappa shape index (κ1) is 14.6. The molecule has 2 rings (SSSR count). The lowest BCUT2D eigenvalue weighted by molar-refractivity contribution is -0.0498. The first-order valence-electron chi connectivity index (χ1n) is 5.42. The zero-order valence-corrected chi connectivity index (χ0v) is 12.2. The van der Waals surface area contributed by atoms with Crippen molar-refractivity contribution in [3.8, 4) is 5.75 Å². The Labute approximate surface area is 123 Å². The van der Waals surface area contributed by atoms with Crippen LogP contribution in [0, 0.1) is 6.92 Å². The van der Waals surface area contributed by atoms with E-state index in [1.54, 1.807) is 12.1 Å². The number of ether oxygens (including phenoxy) is 1. The van der Waals surface area contributed by atoms with Crippen molar-refractivity contribution in [3.05, 3.63) is 50.7 Å². The minimum Gasteiger partial charge on any atom is -0.435 e. The minimum absolute atomic E-state index is 0.114. The molecule has 0 N–H and O–H groups in total. The van der Waals surface area contributed by atoms with Crippen molar-refractivity contribution in [3.63, 3.8) is 0 Å². The number of thiophene rings is 1. The predicted molar refractivity (Wildman–Crippen MR) is 74.8 cm³/mol. The van der Waals surface area contributed by atoms with Gasteiger partial charge in [0.05, 0.1) is 9.71 Å². The average molecular weight is 323 g/mol. The van der Waals surface area contributed by atoms with E-state index < -0.39 is 6.61 Å². The lowest BCUT2D eigenvalue weighted by Crippen LogP contribution is -2.01. The average Bonchev–Trinajstić information content (AvgIpc) is 2.69. The molecule has 0 bridgehead atoms. The van der Waals surface area contributed by atoms with Gasteiger partial charge in [-0.15, -0.1) is 22.9 Å². The van der Waals surface area contributed by atoms with Crippen LogP contribution in [0.3, 0.4) is 0 Å². The van der Waals surface area contributed by atoms with E-state index in [0.29, 0.717) is 4.34 Å². The molecule has 6 heteroatoms. The smallest absolute Gasteiger partial charge is 0.387 e. The molecule has 0 fully saturated rings. The molecule has 1 nitrogen and oxygen atoms in total. The van der Waals surface area contributed by atoms with Crippen LogP contribution in [0.25, 0.3) is 0 Å². The summed E-state index contributed by atoms with van der Waals surface area (Å²) in [5.41, 5.74) is 1.78. The maximum absolute atomic E-state index is 12.0. The van der Waals surface area contributed by atoms with Crippen LogP contribution in [0.2, 0.25) is 4.34 Å². The maximum atomic E-state index is 12.0. The molecule has 0 aliphatic heterocycles. The van der Waals surface area contributed by atoms with Gasteiger partial charge in [0, 0.05) is 4.88 Å². The summed E-state index contributed by atoms with van der Waals surface area (Å²) in [6.45, 7) is -0.915. The molecular formula is C13H10Cl2F2OS. The summed E-state index contributed by atoms with van der Waals surface area (Å²) in [6, 6.07) is 8.20. The molecule has 0 spiro atoms. The van der Waals surface area contributed by atoms with Crippen LogP contribution in [0.15, 0.2) is 30.3 Å². The molecule has 19 heavy (non-hydrogen) atoms. The molecule has 0 saturated carbocycles. The highest BCUT2D eigenvalue weighted by atomic mass is 35.5. The van der Waals surface area contributed by atoms with Gasteiger partial charge in [0.1, 0.15) is 5.75 Å².